The fourth-order valence-corrected chi connectivity index (χ4v) is 1.94. The molecule has 1 fully saturated rings. The first-order chi connectivity index (χ1) is 8.19. The molecular formula is C12H19NO5. The fourth-order valence-electron chi connectivity index (χ4n) is 1.94. The number of aliphatic carboxylic acids is 1. The summed E-state index contributed by atoms with van der Waals surface area (Å²) in [5, 5.41) is 11.4. The summed E-state index contributed by atoms with van der Waals surface area (Å²) >= 11 is 0. The molecule has 6 nitrogen and oxygen atoms in total. The van der Waals surface area contributed by atoms with Crippen molar-refractivity contribution >= 4 is 17.8 Å². The van der Waals surface area contributed by atoms with E-state index >= 15 is 0 Å². The second kappa shape index (κ2) is 5.37. The molecule has 0 radical (unpaired) electrons. The van der Waals surface area contributed by atoms with Crippen molar-refractivity contribution in [3.63, 3.8) is 0 Å². The van der Waals surface area contributed by atoms with E-state index in [0.717, 1.165) is 0 Å². The van der Waals surface area contributed by atoms with E-state index in [4.69, 9.17) is 9.84 Å². The summed E-state index contributed by atoms with van der Waals surface area (Å²) in [6.45, 7) is 5.09. The summed E-state index contributed by atoms with van der Waals surface area (Å²) < 4.78 is 5.01. The molecule has 0 aliphatic heterocycles. The highest BCUT2D eigenvalue weighted by Crippen LogP contribution is 2.25. The Bertz CT molecular complexity index is 358. The molecule has 2 atom stereocenters. The molecule has 0 aromatic heterocycles. The molecule has 0 bridgehead atoms. The van der Waals surface area contributed by atoms with Crippen molar-refractivity contribution in [2.45, 2.75) is 51.7 Å². The maximum atomic E-state index is 11.5. The minimum atomic E-state index is -1.14. The molecule has 102 valence electrons. The number of nitrogens with one attached hydrogen (secondary N) is 1. The van der Waals surface area contributed by atoms with E-state index in [1.54, 1.807) is 20.8 Å². The Hall–Kier alpha value is -1.59. The number of Topliss-reactive ketones (excluding diaryl/α,β-unsaturated/α-hetero) is 1. The van der Waals surface area contributed by atoms with Gasteiger partial charge in [0.25, 0.3) is 0 Å². The summed E-state index contributed by atoms with van der Waals surface area (Å²) in [4.78, 5) is 33.8. The average molecular weight is 257 g/mol. The Balaban J connectivity index is 2.61. The lowest BCUT2D eigenvalue weighted by Gasteiger charge is -2.24. The molecule has 1 rings (SSSR count). The average Bonchev–Trinajstić information content (AvgIpc) is 2.57. The van der Waals surface area contributed by atoms with Crippen molar-refractivity contribution in [1.29, 1.82) is 0 Å². The predicted octanol–water partition coefficient (Wildman–Crippen LogP) is 1.33. The molecule has 1 aliphatic carbocycles. The molecule has 1 aliphatic rings. The molecule has 0 aromatic rings. The SMILES string of the molecule is CC(C)(C)OC(=O)NC(C(=O)O)C1CCC(=O)C1. The number of carboxylic acid groups (broad SMARTS) is 1. The van der Waals surface area contributed by atoms with Gasteiger partial charge in [-0.15, -0.1) is 0 Å². The third kappa shape index (κ3) is 4.35. The quantitative estimate of drug-likeness (QED) is 0.795. The van der Waals surface area contributed by atoms with Crippen LogP contribution in [0, 0.1) is 5.92 Å². The van der Waals surface area contributed by atoms with Crippen LogP contribution < -0.4 is 5.32 Å². The lowest BCUT2D eigenvalue weighted by molar-refractivity contribution is -0.140. The number of rotatable bonds is 3. The summed E-state index contributed by atoms with van der Waals surface area (Å²) in [5.74, 6) is -1.44. The van der Waals surface area contributed by atoms with Gasteiger partial charge in [-0.3, -0.25) is 4.79 Å². The second-order valence-electron chi connectivity index (χ2n) is 5.50. The maximum Gasteiger partial charge on any atom is 0.408 e. The van der Waals surface area contributed by atoms with Crippen LogP contribution in [0.15, 0.2) is 0 Å². The standard InChI is InChI=1S/C12H19NO5/c1-12(2,3)18-11(17)13-9(10(15)16)7-4-5-8(14)6-7/h7,9H,4-6H2,1-3H3,(H,13,17)(H,15,16). The Labute approximate surface area is 106 Å². The van der Waals surface area contributed by atoms with Crippen LogP contribution in [0.4, 0.5) is 4.79 Å². The van der Waals surface area contributed by atoms with E-state index in [0.29, 0.717) is 12.8 Å². The van der Waals surface area contributed by atoms with Gasteiger partial charge in [-0.2, -0.15) is 0 Å². The van der Waals surface area contributed by atoms with Gasteiger partial charge in [0.1, 0.15) is 17.4 Å². The van der Waals surface area contributed by atoms with Crippen molar-refractivity contribution in [3.05, 3.63) is 0 Å². The summed E-state index contributed by atoms with van der Waals surface area (Å²) in [7, 11) is 0. The van der Waals surface area contributed by atoms with E-state index in [1.807, 2.05) is 0 Å². The van der Waals surface area contributed by atoms with Crippen LogP contribution >= 0.6 is 0 Å². The number of alkyl carbamates (subject to hydrolysis) is 1. The lowest BCUT2D eigenvalue weighted by atomic mass is 9.98. The smallest absolute Gasteiger partial charge is 0.408 e. The van der Waals surface area contributed by atoms with E-state index in [1.165, 1.54) is 0 Å². The number of amides is 1. The van der Waals surface area contributed by atoms with E-state index < -0.39 is 23.7 Å². The van der Waals surface area contributed by atoms with E-state index in [9.17, 15) is 14.4 Å². The molecule has 6 heteroatoms. The van der Waals surface area contributed by atoms with Crippen molar-refractivity contribution in [2.75, 3.05) is 0 Å². The highest BCUT2D eigenvalue weighted by molar-refractivity contribution is 5.85. The minimum Gasteiger partial charge on any atom is -0.480 e. The van der Waals surface area contributed by atoms with Gasteiger partial charge in [0.2, 0.25) is 0 Å². The number of ketones is 1. The zero-order valence-corrected chi connectivity index (χ0v) is 10.9. The van der Waals surface area contributed by atoms with Gasteiger partial charge < -0.3 is 15.2 Å². The third-order valence-corrected chi connectivity index (χ3v) is 2.69. The maximum absolute atomic E-state index is 11.5. The number of hydrogen-bond acceptors (Lipinski definition) is 4. The minimum absolute atomic E-state index is 0.0391. The van der Waals surface area contributed by atoms with Crippen molar-refractivity contribution < 1.29 is 24.2 Å². The van der Waals surface area contributed by atoms with Crippen molar-refractivity contribution in [3.8, 4) is 0 Å². The molecule has 1 saturated carbocycles. The molecule has 2 unspecified atom stereocenters. The number of ether oxygens (including phenoxy) is 1. The zero-order valence-electron chi connectivity index (χ0n) is 10.9. The van der Waals surface area contributed by atoms with Gasteiger partial charge in [0.05, 0.1) is 0 Å². The second-order valence-corrected chi connectivity index (χ2v) is 5.50. The zero-order chi connectivity index (χ0) is 13.9. The Morgan fingerprint density at radius 3 is 2.44 bits per heavy atom. The fraction of sp³-hybridized carbons (Fsp3) is 0.750. The molecule has 0 spiro atoms. The van der Waals surface area contributed by atoms with E-state index in [-0.39, 0.29) is 18.1 Å². The van der Waals surface area contributed by atoms with E-state index in [2.05, 4.69) is 5.32 Å². The highest BCUT2D eigenvalue weighted by atomic mass is 16.6. The van der Waals surface area contributed by atoms with Gasteiger partial charge in [-0.1, -0.05) is 0 Å². The Morgan fingerprint density at radius 2 is 2.06 bits per heavy atom. The van der Waals surface area contributed by atoms with Gasteiger partial charge in [-0.25, -0.2) is 9.59 Å². The van der Waals surface area contributed by atoms with Crippen LogP contribution in [0.2, 0.25) is 0 Å². The highest BCUT2D eigenvalue weighted by Gasteiger charge is 2.36. The molecular weight excluding hydrogens is 238 g/mol. The van der Waals surface area contributed by atoms with Crippen LogP contribution in [0.1, 0.15) is 40.0 Å². The largest absolute Gasteiger partial charge is 0.480 e. The summed E-state index contributed by atoms with van der Waals surface area (Å²) in [5.41, 5.74) is -0.682. The first kappa shape index (κ1) is 14.5. The number of carboxylic acids is 1. The van der Waals surface area contributed by atoms with Crippen LogP contribution in [-0.2, 0) is 14.3 Å². The van der Waals surface area contributed by atoms with Crippen LogP contribution in [-0.4, -0.2) is 34.6 Å². The summed E-state index contributed by atoms with van der Waals surface area (Å²) in [6.07, 6.45) is 0.303. The molecule has 0 saturated heterocycles. The van der Waals surface area contributed by atoms with Gasteiger partial charge in [-0.05, 0) is 33.1 Å². The van der Waals surface area contributed by atoms with Gasteiger partial charge >= 0.3 is 12.1 Å². The van der Waals surface area contributed by atoms with Gasteiger partial charge in [0, 0.05) is 12.8 Å². The molecule has 2 N–H and O–H groups in total. The normalized spacial score (nSPS) is 21.5. The third-order valence-electron chi connectivity index (χ3n) is 2.69. The van der Waals surface area contributed by atoms with Crippen molar-refractivity contribution in [1.82, 2.24) is 5.32 Å². The molecule has 18 heavy (non-hydrogen) atoms. The predicted molar refractivity (Wildman–Crippen MR) is 63.1 cm³/mol. The molecule has 0 heterocycles. The van der Waals surface area contributed by atoms with Crippen LogP contribution in [0.3, 0.4) is 0 Å². The number of carbonyl (C=O) groups is 3. The topological polar surface area (TPSA) is 92.7 Å². The number of carbonyl (C=O) groups excluding carboxylic acids is 2. The van der Waals surface area contributed by atoms with Crippen LogP contribution in [0.5, 0.6) is 0 Å². The van der Waals surface area contributed by atoms with Gasteiger partial charge in [0.15, 0.2) is 0 Å². The summed E-state index contributed by atoms with van der Waals surface area (Å²) in [6, 6.07) is -1.06. The Kier molecular flexibility index (Phi) is 4.32. The first-order valence-electron chi connectivity index (χ1n) is 5.93. The first-order valence-corrected chi connectivity index (χ1v) is 5.93. The molecule has 0 aromatic carbocycles. The monoisotopic (exact) mass is 257 g/mol. The number of hydrogen-bond donors (Lipinski definition) is 2. The molecule has 1 amide bonds. The Morgan fingerprint density at radius 1 is 1.44 bits per heavy atom. The lowest BCUT2D eigenvalue weighted by Crippen LogP contribution is -2.47. The van der Waals surface area contributed by atoms with Crippen LogP contribution in [0.25, 0.3) is 0 Å². The van der Waals surface area contributed by atoms with Crippen molar-refractivity contribution in [2.24, 2.45) is 5.92 Å².